The fraction of sp³-hybridized carbons (Fsp3) is 0.500. The van der Waals surface area contributed by atoms with Gasteiger partial charge in [0.2, 0.25) is 0 Å². The van der Waals surface area contributed by atoms with Gasteiger partial charge in [-0.1, -0.05) is 0 Å². The van der Waals surface area contributed by atoms with Crippen molar-refractivity contribution in [2.75, 3.05) is 36.5 Å². The van der Waals surface area contributed by atoms with E-state index in [-0.39, 0.29) is 30.5 Å². The number of nitriles is 1. The van der Waals surface area contributed by atoms with Crippen LogP contribution in [0.3, 0.4) is 0 Å². The molecule has 2 saturated heterocycles. The number of carbonyl (C=O) groups excluding carboxylic acids is 1. The molecule has 1 saturated carbocycles. The third kappa shape index (κ3) is 3.50. The van der Waals surface area contributed by atoms with Gasteiger partial charge in [-0.05, 0) is 42.7 Å². The third-order valence-electron chi connectivity index (χ3n) is 8.23. The molecule has 0 spiro atoms. The maximum atomic E-state index is 15.6. The van der Waals surface area contributed by atoms with E-state index in [2.05, 4.69) is 31.9 Å². The Labute approximate surface area is 202 Å². The van der Waals surface area contributed by atoms with E-state index in [1.807, 2.05) is 12.1 Å². The molecule has 1 amide bonds. The number of nitrogens with zero attached hydrogens (tertiary/aromatic N) is 3. The van der Waals surface area contributed by atoms with Gasteiger partial charge in [0.25, 0.3) is 5.91 Å². The zero-order valence-electron chi connectivity index (χ0n) is 19.3. The smallest absolute Gasteiger partial charge is 0.253 e. The number of carbonyl (C=O) groups is 1. The zero-order chi connectivity index (χ0) is 23.7. The van der Waals surface area contributed by atoms with E-state index in [0.29, 0.717) is 46.5 Å². The van der Waals surface area contributed by atoms with Gasteiger partial charge in [0, 0.05) is 56.0 Å². The molecule has 5 heterocycles. The standard InChI is InChI=1S/C26H27FN6O2/c27-24-20-5-17(32-26(34)14-4-19-18-3-13(18)8-29-25(19)30-9-14)12-35-23(20)6-22(21(24)7-28)33-10-15-1-2-16(11-33)31-15/h4,6,9,13,15-18,31H,1-3,5,8,10-12H2,(H,29,30)(H,32,34)/t13-,15?,16?,17-,18-/m1/s1. The van der Waals surface area contributed by atoms with Gasteiger partial charge in [-0.15, -0.1) is 0 Å². The van der Waals surface area contributed by atoms with Crippen LogP contribution in [0.4, 0.5) is 15.9 Å². The molecule has 1 aromatic heterocycles. The van der Waals surface area contributed by atoms with Crippen LogP contribution in [-0.2, 0) is 6.42 Å². The maximum absolute atomic E-state index is 15.6. The second-order valence-electron chi connectivity index (χ2n) is 10.5. The van der Waals surface area contributed by atoms with E-state index in [1.54, 1.807) is 6.20 Å². The molecule has 7 rings (SSSR count). The highest BCUT2D eigenvalue weighted by atomic mass is 19.1. The van der Waals surface area contributed by atoms with Gasteiger partial charge in [0.05, 0.1) is 17.3 Å². The Morgan fingerprint density at radius 1 is 1.29 bits per heavy atom. The predicted molar refractivity (Wildman–Crippen MR) is 127 cm³/mol. The van der Waals surface area contributed by atoms with E-state index < -0.39 is 5.82 Å². The molecule has 8 nitrogen and oxygen atoms in total. The second kappa shape index (κ2) is 7.82. The topological polar surface area (TPSA) is 102 Å². The van der Waals surface area contributed by atoms with Crippen LogP contribution in [0.1, 0.15) is 52.2 Å². The van der Waals surface area contributed by atoms with Gasteiger partial charge >= 0.3 is 0 Å². The van der Waals surface area contributed by atoms with Gasteiger partial charge in [-0.2, -0.15) is 5.26 Å². The first-order valence-electron chi connectivity index (χ1n) is 12.5. The molecule has 5 aliphatic rings. The lowest BCUT2D eigenvalue weighted by atomic mass is 9.97. The van der Waals surface area contributed by atoms with Crippen molar-refractivity contribution in [3.05, 3.63) is 46.4 Å². The van der Waals surface area contributed by atoms with E-state index in [1.165, 1.54) is 0 Å². The van der Waals surface area contributed by atoms with E-state index in [4.69, 9.17) is 4.74 Å². The zero-order valence-corrected chi connectivity index (χ0v) is 19.3. The lowest BCUT2D eigenvalue weighted by Gasteiger charge is -2.36. The summed E-state index contributed by atoms with van der Waals surface area (Å²) in [6.45, 7) is 2.71. The minimum atomic E-state index is -0.536. The summed E-state index contributed by atoms with van der Waals surface area (Å²) in [5, 5.41) is 19.7. The van der Waals surface area contributed by atoms with E-state index >= 15 is 4.39 Å². The van der Waals surface area contributed by atoms with Crippen molar-refractivity contribution in [2.45, 2.75) is 49.7 Å². The van der Waals surface area contributed by atoms with E-state index in [0.717, 1.165) is 50.3 Å². The quantitative estimate of drug-likeness (QED) is 0.627. The van der Waals surface area contributed by atoms with Crippen molar-refractivity contribution in [1.82, 2.24) is 15.6 Å². The van der Waals surface area contributed by atoms with Gasteiger partial charge in [0.15, 0.2) is 0 Å². The Kier molecular flexibility index (Phi) is 4.68. The normalized spacial score (nSPS) is 29.6. The number of fused-ring (bicyclic) bond motifs is 6. The number of amides is 1. The number of hydrogen-bond acceptors (Lipinski definition) is 7. The first kappa shape index (κ1) is 20.9. The Balaban J connectivity index is 1.10. The molecule has 180 valence electrons. The molecule has 2 bridgehead atoms. The fourth-order valence-corrected chi connectivity index (χ4v) is 6.30. The van der Waals surface area contributed by atoms with Crippen LogP contribution >= 0.6 is 0 Å². The summed E-state index contributed by atoms with van der Waals surface area (Å²) in [5.41, 5.74) is 2.64. The summed E-state index contributed by atoms with van der Waals surface area (Å²) >= 11 is 0. The van der Waals surface area contributed by atoms with Crippen LogP contribution in [0.5, 0.6) is 5.75 Å². The predicted octanol–water partition coefficient (Wildman–Crippen LogP) is 2.30. The molecule has 1 aromatic carbocycles. The highest BCUT2D eigenvalue weighted by Gasteiger charge is 2.43. The lowest BCUT2D eigenvalue weighted by molar-refractivity contribution is 0.0914. The molecule has 35 heavy (non-hydrogen) atoms. The number of anilines is 2. The summed E-state index contributed by atoms with van der Waals surface area (Å²) in [6, 6.07) is 6.18. The largest absolute Gasteiger partial charge is 0.491 e. The molecule has 5 atom stereocenters. The van der Waals surface area contributed by atoms with Gasteiger partial charge in [-0.25, -0.2) is 9.37 Å². The minimum absolute atomic E-state index is 0.0611. The van der Waals surface area contributed by atoms with Gasteiger partial charge in [0.1, 0.15) is 35.6 Å². The first-order chi connectivity index (χ1) is 17.1. The Hall–Kier alpha value is -3.38. The first-order valence-corrected chi connectivity index (χ1v) is 12.5. The molecule has 3 N–H and O–H groups in total. The number of pyridine rings is 1. The monoisotopic (exact) mass is 474 g/mol. The summed E-state index contributed by atoms with van der Waals surface area (Å²) in [7, 11) is 0. The van der Waals surface area contributed by atoms with Crippen LogP contribution < -0.4 is 25.6 Å². The van der Waals surface area contributed by atoms with Gasteiger partial charge < -0.3 is 25.6 Å². The highest BCUT2D eigenvalue weighted by Crippen LogP contribution is 2.52. The van der Waals surface area contributed by atoms with Crippen molar-refractivity contribution in [3.63, 3.8) is 0 Å². The van der Waals surface area contributed by atoms with Crippen molar-refractivity contribution < 1.29 is 13.9 Å². The average Bonchev–Trinajstić information content (AvgIpc) is 3.61. The number of nitrogens with one attached hydrogen (secondary N) is 3. The van der Waals surface area contributed by atoms with Crippen molar-refractivity contribution >= 4 is 17.4 Å². The molecule has 2 unspecified atom stereocenters. The average molecular weight is 475 g/mol. The summed E-state index contributed by atoms with van der Waals surface area (Å²) < 4.78 is 21.5. The number of halogens is 1. The molecule has 3 fully saturated rings. The molecular formula is C26H27FN6O2. The van der Waals surface area contributed by atoms with Crippen LogP contribution in [0.15, 0.2) is 18.3 Å². The molecule has 9 heteroatoms. The summed E-state index contributed by atoms with van der Waals surface area (Å²) in [5.74, 6) is 1.70. The number of rotatable bonds is 3. The summed E-state index contributed by atoms with van der Waals surface area (Å²) in [6.07, 6.45) is 5.21. The van der Waals surface area contributed by atoms with Crippen molar-refractivity contribution in [2.24, 2.45) is 5.92 Å². The maximum Gasteiger partial charge on any atom is 0.253 e. The Morgan fingerprint density at radius 2 is 2.11 bits per heavy atom. The van der Waals surface area contributed by atoms with Crippen LogP contribution in [0.2, 0.25) is 0 Å². The third-order valence-corrected chi connectivity index (χ3v) is 8.23. The number of benzene rings is 1. The number of aromatic nitrogens is 1. The number of piperazine rings is 1. The van der Waals surface area contributed by atoms with Crippen LogP contribution in [-0.4, -0.2) is 55.3 Å². The minimum Gasteiger partial charge on any atom is -0.491 e. The lowest BCUT2D eigenvalue weighted by Crippen LogP contribution is -2.51. The Morgan fingerprint density at radius 3 is 2.91 bits per heavy atom. The molecular weight excluding hydrogens is 447 g/mol. The number of hydrogen-bond donors (Lipinski definition) is 3. The van der Waals surface area contributed by atoms with E-state index in [9.17, 15) is 10.1 Å². The molecule has 1 aliphatic carbocycles. The molecule has 2 aromatic rings. The van der Waals surface area contributed by atoms with Gasteiger partial charge in [-0.3, -0.25) is 4.79 Å². The fourth-order valence-electron chi connectivity index (χ4n) is 6.30. The Bertz CT molecular complexity index is 1260. The van der Waals surface area contributed by atoms with Crippen LogP contribution in [0.25, 0.3) is 0 Å². The van der Waals surface area contributed by atoms with Crippen molar-refractivity contribution in [1.29, 1.82) is 5.26 Å². The van der Waals surface area contributed by atoms with Crippen molar-refractivity contribution in [3.8, 4) is 11.8 Å². The molecule has 4 aliphatic heterocycles. The number of ether oxygens (including phenoxy) is 1. The highest BCUT2D eigenvalue weighted by molar-refractivity contribution is 5.94. The molecule has 0 radical (unpaired) electrons. The van der Waals surface area contributed by atoms with Crippen LogP contribution in [0, 0.1) is 23.1 Å². The second-order valence-corrected chi connectivity index (χ2v) is 10.5. The SMILES string of the molecule is N#Cc1c(N2CC3CCC(C2)N3)cc2c(c1F)C[C@@H](NC(=O)c1cnc3c(c1)[C@@H]1C[C@@H]1CN3)CO2. The summed E-state index contributed by atoms with van der Waals surface area (Å²) in [4.78, 5) is 19.5.